The molecule has 0 radical (unpaired) electrons. The summed E-state index contributed by atoms with van der Waals surface area (Å²) in [5, 5.41) is 2.18. The van der Waals surface area contributed by atoms with Crippen LogP contribution in [-0.4, -0.2) is 18.1 Å². The molecule has 6 nitrogen and oxygen atoms in total. The van der Waals surface area contributed by atoms with Gasteiger partial charge in [0.15, 0.2) is 0 Å². The van der Waals surface area contributed by atoms with Crippen molar-refractivity contribution in [3.63, 3.8) is 0 Å². The van der Waals surface area contributed by atoms with E-state index in [1.165, 1.54) is 19.1 Å². The second-order valence-electron chi connectivity index (χ2n) is 10.8. The third-order valence-corrected chi connectivity index (χ3v) is 7.45. The van der Waals surface area contributed by atoms with Gasteiger partial charge in [-0.15, -0.1) is 0 Å². The molecule has 2 aromatic rings. The zero-order valence-corrected chi connectivity index (χ0v) is 22.2. The van der Waals surface area contributed by atoms with Gasteiger partial charge in [-0.05, 0) is 48.3 Å². The van der Waals surface area contributed by atoms with Gasteiger partial charge in [0.1, 0.15) is 17.9 Å². The van der Waals surface area contributed by atoms with Crippen molar-refractivity contribution < 1.29 is 45.1 Å². The summed E-state index contributed by atoms with van der Waals surface area (Å²) in [6, 6.07) is 4.64. The van der Waals surface area contributed by atoms with Gasteiger partial charge in [-0.3, -0.25) is 4.79 Å². The smallest absolute Gasteiger partial charge is 0.461 e. The molecule has 1 fully saturated rings. The van der Waals surface area contributed by atoms with Gasteiger partial charge in [-0.25, -0.2) is 17.7 Å². The molecule has 0 saturated heterocycles. The highest BCUT2D eigenvalue weighted by molar-refractivity contribution is 7.52. The zero-order valence-electron chi connectivity index (χ0n) is 21.3. The fraction of sp³-hybridized carbons (Fsp3) is 0.480. The van der Waals surface area contributed by atoms with E-state index in [1.807, 2.05) is 34.6 Å². The molecule has 12 heteroatoms. The van der Waals surface area contributed by atoms with E-state index in [-0.39, 0.29) is 22.7 Å². The lowest BCUT2D eigenvalue weighted by Gasteiger charge is -2.41. The average molecular weight is 549 g/mol. The molecule has 2 aromatic carbocycles. The highest BCUT2D eigenvalue weighted by atomic mass is 31.2. The molecule has 1 aliphatic carbocycles. The first-order chi connectivity index (χ1) is 16.9. The van der Waals surface area contributed by atoms with Crippen LogP contribution < -0.4 is 14.1 Å². The standard InChI is InChI=1S/C25H29F5NO5P/c1-13(23(32)34-16-11-25(5,6)12-16)31-37(33,35-15-9-7-14(8-10-15)24(2,3)4)36-22-20(29)18(27)17(26)19(28)21(22)30/h7-10,13,16H,11-12H2,1-6H3,(H,31,33)/t13-,37?/m0/s1. The normalized spacial score (nSPS) is 17.9. The summed E-state index contributed by atoms with van der Waals surface area (Å²) in [4.78, 5) is 12.5. The Balaban J connectivity index is 1.91. The van der Waals surface area contributed by atoms with Crippen molar-refractivity contribution in [1.29, 1.82) is 0 Å². The molecule has 1 N–H and O–H groups in total. The molecule has 204 valence electrons. The molecule has 0 spiro atoms. The third kappa shape index (κ3) is 6.62. The fourth-order valence-electron chi connectivity index (χ4n) is 3.82. The Hall–Kier alpha value is -2.65. The van der Waals surface area contributed by atoms with Gasteiger partial charge in [-0.2, -0.15) is 13.9 Å². The molecule has 0 aromatic heterocycles. The Morgan fingerprint density at radius 2 is 1.43 bits per heavy atom. The van der Waals surface area contributed by atoms with E-state index >= 15 is 0 Å². The lowest BCUT2D eigenvalue weighted by atomic mass is 9.70. The van der Waals surface area contributed by atoms with Crippen molar-refractivity contribution in [2.75, 3.05) is 0 Å². The lowest BCUT2D eigenvalue weighted by molar-refractivity contribution is -0.161. The molecule has 2 atom stereocenters. The number of nitrogens with one attached hydrogen (secondary N) is 1. The van der Waals surface area contributed by atoms with Crippen molar-refractivity contribution in [3.05, 3.63) is 58.9 Å². The molecule has 0 amide bonds. The van der Waals surface area contributed by atoms with Crippen LogP contribution in [0, 0.1) is 34.5 Å². The number of hydrogen-bond donors (Lipinski definition) is 1. The van der Waals surface area contributed by atoms with Crippen LogP contribution in [0.25, 0.3) is 0 Å². The average Bonchev–Trinajstić information content (AvgIpc) is 2.77. The van der Waals surface area contributed by atoms with Crippen molar-refractivity contribution in [2.24, 2.45) is 5.41 Å². The van der Waals surface area contributed by atoms with E-state index in [9.17, 15) is 31.3 Å². The maximum Gasteiger partial charge on any atom is 0.513 e. The third-order valence-electron chi connectivity index (χ3n) is 5.88. The summed E-state index contributed by atoms with van der Waals surface area (Å²) in [6.45, 7) is 11.0. The molecule has 37 heavy (non-hydrogen) atoms. The monoisotopic (exact) mass is 549 g/mol. The van der Waals surface area contributed by atoms with Crippen LogP contribution in [0.2, 0.25) is 0 Å². The van der Waals surface area contributed by atoms with Gasteiger partial charge in [0.05, 0.1) is 0 Å². The summed E-state index contributed by atoms with van der Waals surface area (Å²) in [7, 11) is -4.98. The van der Waals surface area contributed by atoms with Gasteiger partial charge >= 0.3 is 13.7 Å². The van der Waals surface area contributed by atoms with E-state index in [1.54, 1.807) is 12.1 Å². The molecule has 1 unspecified atom stereocenters. The van der Waals surface area contributed by atoms with Crippen molar-refractivity contribution in [1.82, 2.24) is 5.09 Å². The van der Waals surface area contributed by atoms with Crippen LogP contribution in [0.5, 0.6) is 11.5 Å². The van der Waals surface area contributed by atoms with Gasteiger partial charge < -0.3 is 13.8 Å². The largest absolute Gasteiger partial charge is 0.513 e. The first-order valence-electron chi connectivity index (χ1n) is 11.5. The van der Waals surface area contributed by atoms with E-state index in [0.717, 1.165) is 5.56 Å². The van der Waals surface area contributed by atoms with Gasteiger partial charge in [-0.1, -0.05) is 46.8 Å². The number of esters is 1. The number of benzene rings is 2. The molecule has 0 heterocycles. The SMILES string of the molecule is C[C@H](NP(=O)(Oc1ccc(C(C)(C)C)cc1)Oc1c(F)c(F)c(F)c(F)c1F)C(=O)OC1CC(C)(C)C1. The van der Waals surface area contributed by atoms with E-state index in [2.05, 4.69) is 5.09 Å². The first-order valence-corrected chi connectivity index (χ1v) is 13.1. The molecule has 1 saturated carbocycles. The molecule has 3 rings (SSSR count). The maximum absolute atomic E-state index is 14.3. The number of hydrogen-bond acceptors (Lipinski definition) is 5. The van der Waals surface area contributed by atoms with Crippen molar-refractivity contribution >= 4 is 13.7 Å². The second kappa shape index (κ2) is 10.3. The molecular formula is C25H29F5NO5P. The Labute approximate surface area is 212 Å². The van der Waals surface area contributed by atoms with Crippen LogP contribution in [0.4, 0.5) is 22.0 Å². The minimum absolute atomic E-state index is 0.00583. The number of halogens is 5. The van der Waals surface area contributed by atoms with Crippen molar-refractivity contribution in [3.8, 4) is 11.5 Å². The summed E-state index contributed by atoms with van der Waals surface area (Å²) in [5.74, 6) is -14.5. The van der Waals surface area contributed by atoms with Gasteiger partial charge in [0.25, 0.3) is 0 Å². The Morgan fingerprint density at radius 1 is 0.946 bits per heavy atom. The number of carbonyl (C=O) groups excluding carboxylic acids is 1. The summed E-state index contributed by atoms with van der Waals surface area (Å²) < 4.78 is 98.6. The Morgan fingerprint density at radius 3 is 1.89 bits per heavy atom. The van der Waals surface area contributed by atoms with Crippen molar-refractivity contribution in [2.45, 2.75) is 71.9 Å². The first kappa shape index (κ1) is 28.9. The summed E-state index contributed by atoms with van der Waals surface area (Å²) >= 11 is 0. The zero-order chi connectivity index (χ0) is 27.9. The number of carbonyl (C=O) groups is 1. The van der Waals surface area contributed by atoms with E-state index in [4.69, 9.17) is 13.8 Å². The number of rotatable bonds is 8. The predicted molar refractivity (Wildman–Crippen MR) is 126 cm³/mol. The Kier molecular flexibility index (Phi) is 8.01. The van der Waals surface area contributed by atoms with Crippen LogP contribution in [0.15, 0.2) is 24.3 Å². The summed E-state index contributed by atoms with van der Waals surface area (Å²) in [5.41, 5.74) is 0.609. The second-order valence-corrected chi connectivity index (χ2v) is 12.5. The lowest BCUT2D eigenvalue weighted by Crippen LogP contribution is -2.43. The fourth-order valence-corrected chi connectivity index (χ4v) is 5.35. The van der Waals surface area contributed by atoms with Crippen LogP contribution in [-0.2, 0) is 19.5 Å². The maximum atomic E-state index is 14.3. The van der Waals surface area contributed by atoms with Gasteiger partial charge in [0.2, 0.25) is 34.8 Å². The highest BCUT2D eigenvalue weighted by Gasteiger charge is 2.42. The van der Waals surface area contributed by atoms with E-state index in [0.29, 0.717) is 12.8 Å². The molecule has 1 aliphatic rings. The quantitative estimate of drug-likeness (QED) is 0.126. The van der Waals surface area contributed by atoms with Crippen LogP contribution in [0.3, 0.4) is 0 Å². The highest BCUT2D eigenvalue weighted by Crippen LogP contribution is 2.48. The van der Waals surface area contributed by atoms with Crippen LogP contribution in [0.1, 0.15) is 59.9 Å². The molecule has 0 bridgehead atoms. The molecule has 0 aliphatic heterocycles. The predicted octanol–water partition coefficient (Wildman–Crippen LogP) is 6.96. The molecular weight excluding hydrogens is 520 g/mol. The number of ether oxygens (including phenoxy) is 1. The summed E-state index contributed by atoms with van der Waals surface area (Å²) in [6.07, 6.45) is 0.815. The topological polar surface area (TPSA) is 73.9 Å². The minimum atomic E-state index is -4.98. The minimum Gasteiger partial charge on any atom is -0.461 e. The van der Waals surface area contributed by atoms with Gasteiger partial charge in [0, 0.05) is 0 Å². The van der Waals surface area contributed by atoms with E-state index < -0.39 is 54.6 Å². The Bertz CT molecular complexity index is 1190. The van der Waals surface area contributed by atoms with Crippen LogP contribution >= 0.6 is 7.75 Å².